The summed E-state index contributed by atoms with van der Waals surface area (Å²) in [5, 5.41) is 4.53. The van der Waals surface area contributed by atoms with E-state index in [9.17, 15) is 0 Å². The van der Waals surface area contributed by atoms with E-state index in [1.165, 1.54) is 32.3 Å². The Kier molecular flexibility index (Phi) is 9.55. The van der Waals surface area contributed by atoms with Gasteiger partial charge in [0.1, 0.15) is 0 Å². The van der Waals surface area contributed by atoms with Crippen LogP contribution in [0.15, 0.2) is 115 Å². The molecule has 34 heavy (non-hydrogen) atoms. The van der Waals surface area contributed by atoms with Crippen LogP contribution in [0.5, 0.6) is 5.75 Å². The average molecular weight is 582 g/mol. The van der Waals surface area contributed by atoms with Gasteiger partial charge >= 0.3 is 215 Å². The Morgan fingerprint density at radius 2 is 1.12 bits per heavy atom. The first kappa shape index (κ1) is 24.9. The fraction of sp³-hybridized carbons (Fsp3) is 0.200. The maximum atomic E-state index is 5.96. The van der Waals surface area contributed by atoms with E-state index in [4.69, 9.17) is 9.47 Å². The van der Waals surface area contributed by atoms with Gasteiger partial charge in [-0.25, -0.2) is 0 Å². The van der Waals surface area contributed by atoms with Crippen LogP contribution in [-0.4, -0.2) is 18.1 Å². The Labute approximate surface area is 214 Å². The molecule has 0 aromatic heterocycles. The second kappa shape index (κ2) is 13.0. The summed E-state index contributed by atoms with van der Waals surface area (Å²) in [6.07, 6.45) is 2.32. The van der Waals surface area contributed by atoms with Crippen molar-refractivity contribution in [2.24, 2.45) is 0 Å². The van der Waals surface area contributed by atoms with Gasteiger partial charge in [-0.3, -0.25) is 0 Å². The minimum absolute atomic E-state index is 0.0948. The topological polar surface area (TPSA) is 18.5 Å². The molecule has 0 saturated heterocycles. The summed E-state index contributed by atoms with van der Waals surface area (Å²) < 4.78 is 12.5. The molecule has 0 amide bonds. The van der Waals surface area contributed by atoms with E-state index in [-0.39, 0.29) is 20.7 Å². The number of halogens is 1. The van der Waals surface area contributed by atoms with Crippen LogP contribution in [0.4, 0.5) is 0 Å². The van der Waals surface area contributed by atoms with Gasteiger partial charge in [0.15, 0.2) is 0 Å². The fourth-order valence-corrected chi connectivity index (χ4v) is 17.6. The molecule has 4 rings (SSSR count). The van der Waals surface area contributed by atoms with E-state index in [1.54, 1.807) is 7.11 Å². The van der Waals surface area contributed by atoms with E-state index < -0.39 is 4.90 Å². The van der Waals surface area contributed by atoms with Crippen molar-refractivity contribution in [1.29, 1.82) is 0 Å². The number of hydrogen-bond donors (Lipinski definition) is 0. The Bertz CT molecular complexity index is 1010. The molecule has 0 saturated carbocycles. The summed E-state index contributed by atoms with van der Waals surface area (Å²) in [6, 6.07) is 41.8. The van der Waals surface area contributed by atoms with Gasteiger partial charge in [-0.15, -0.1) is 0 Å². The van der Waals surface area contributed by atoms with E-state index in [2.05, 4.69) is 103 Å². The van der Waals surface area contributed by atoms with Crippen LogP contribution in [0.25, 0.3) is 0 Å². The third-order valence-electron chi connectivity index (χ3n) is 5.70. The quantitative estimate of drug-likeness (QED) is 0.111. The molecule has 0 N–H and O–H groups in total. The summed E-state index contributed by atoms with van der Waals surface area (Å²) in [6.45, 7) is 1.47. The molecule has 4 heteroatoms. The molecule has 0 fully saturated rings. The SMILES string of the molecule is COc1ccc(COCCCC[I-][P+](c2ccccc2)(c2ccccc2)c2ccccc2)cc1. The van der Waals surface area contributed by atoms with Crippen molar-refractivity contribution in [3.63, 3.8) is 0 Å². The molecule has 0 radical (unpaired) electrons. The van der Waals surface area contributed by atoms with Crippen molar-refractivity contribution >= 4 is 20.8 Å². The van der Waals surface area contributed by atoms with Crippen LogP contribution in [-0.2, 0) is 11.3 Å². The predicted octanol–water partition coefficient (Wildman–Crippen LogP) is 2.99. The molecular formula is C30H32IO2P. The Balaban J connectivity index is 1.42. The number of ether oxygens (including phenoxy) is 2. The summed E-state index contributed by atoms with van der Waals surface area (Å²) in [4.78, 5) is -1.61. The first-order valence-corrected chi connectivity index (χ1v) is 17.8. The first-order chi connectivity index (χ1) is 16.8. The van der Waals surface area contributed by atoms with Crippen LogP contribution in [0, 0.1) is 0 Å². The van der Waals surface area contributed by atoms with Gasteiger partial charge < -0.3 is 0 Å². The molecule has 4 aromatic rings. The average Bonchev–Trinajstić information content (AvgIpc) is 2.92. The molecule has 0 bridgehead atoms. The van der Waals surface area contributed by atoms with Gasteiger partial charge in [0.2, 0.25) is 0 Å². The van der Waals surface area contributed by atoms with Gasteiger partial charge in [0.25, 0.3) is 0 Å². The van der Waals surface area contributed by atoms with Crippen molar-refractivity contribution in [3.05, 3.63) is 121 Å². The van der Waals surface area contributed by atoms with Gasteiger partial charge in [0.05, 0.1) is 0 Å². The van der Waals surface area contributed by atoms with Crippen molar-refractivity contribution in [2.45, 2.75) is 19.4 Å². The van der Waals surface area contributed by atoms with Gasteiger partial charge in [0, 0.05) is 0 Å². The van der Waals surface area contributed by atoms with Crippen LogP contribution >= 0.6 is 4.90 Å². The van der Waals surface area contributed by atoms with Crippen molar-refractivity contribution in [2.75, 3.05) is 18.1 Å². The van der Waals surface area contributed by atoms with Crippen LogP contribution in [0.2, 0.25) is 0 Å². The zero-order valence-electron chi connectivity index (χ0n) is 19.6. The molecule has 0 aliphatic heterocycles. The van der Waals surface area contributed by atoms with E-state index in [0.29, 0.717) is 6.61 Å². The van der Waals surface area contributed by atoms with Gasteiger partial charge in [-0.05, 0) is 0 Å². The zero-order valence-corrected chi connectivity index (χ0v) is 22.7. The number of rotatable bonds is 12. The molecule has 0 spiro atoms. The second-order valence-corrected chi connectivity index (χ2v) is 18.4. The van der Waals surface area contributed by atoms with Crippen LogP contribution in [0.3, 0.4) is 0 Å². The Morgan fingerprint density at radius 3 is 1.59 bits per heavy atom. The third kappa shape index (κ3) is 6.27. The summed E-state index contributed by atoms with van der Waals surface area (Å²) in [5.41, 5.74) is 1.19. The van der Waals surface area contributed by atoms with E-state index in [0.717, 1.165) is 18.8 Å². The van der Waals surface area contributed by atoms with Crippen molar-refractivity contribution in [3.8, 4) is 5.75 Å². The van der Waals surface area contributed by atoms with Gasteiger partial charge in [-0.2, -0.15) is 0 Å². The standard InChI is InChI=1S/C30H32IO2P/c1-32-27-21-19-26(20-22-27)25-33-24-12-11-23-31-34(28-13-5-2-6-14-28,29-15-7-3-8-16-29)30-17-9-4-10-18-30/h2-10,13-22H,11-12,23-25H2,1H3. The number of unbranched alkanes of at least 4 members (excludes halogenated alkanes) is 1. The van der Waals surface area contributed by atoms with E-state index in [1.807, 2.05) is 12.1 Å². The minimum atomic E-state index is -1.61. The molecule has 4 aromatic carbocycles. The molecule has 0 aliphatic carbocycles. The number of benzene rings is 4. The number of methoxy groups -OCH3 is 1. The number of alkyl halides is 1. The molecule has 2 nitrogen and oxygen atoms in total. The maximum absolute atomic E-state index is 5.96. The fourth-order valence-electron chi connectivity index (χ4n) is 3.95. The molecule has 0 aliphatic rings. The van der Waals surface area contributed by atoms with E-state index >= 15 is 0 Å². The van der Waals surface area contributed by atoms with Crippen molar-refractivity contribution in [1.82, 2.24) is 0 Å². The molecular weight excluding hydrogens is 550 g/mol. The normalized spacial score (nSPS) is 11.4. The van der Waals surface area contributed by atoms with Crippen LogP contribution in [0.1, 0.15) is 18.4 Å². The van der Waals surface area contributed by atoms with Crippen molar-refractivity contribution < 1.29 is 30.1 Å². The molecule has 0 atom stereocenters. The van der Waals surface area contributed by atoms with Gasteiger partial charge in [-0.1, -0.05) is 0 Å². The Hall–Kier alpha value is -2.20. The molecule has 176 valence electrons. The summed E-state index contributed by atoms with van der Waals surface area (Å²) in [7, 11) is 1.69. The molecule has 0 heterocycles. The van der Waals surface area contributed by atoms with Crippen LogP contribution < -0.4 is 41.3 Å². The monoisotopic (exact) mass is 582 g/mol. The Morgan fingerprint density at radius 1 is 0.618 bits per heavy atom. The predicted molar refractivity (Wildman–Crippen MR) is 142 cm³/mol. The summed E-state index contributed by atoms with van der Waals surface area (Å²) in [5.74, 6) is 0.884. The third-order valence-corrected chi connectivity index (χ3v) is 19.6. The second-order valence-electron chi connectivity index (χ2n) is 8.01. The number of hydrogen-bond acceptors (Lipinski definition) is 2. The summed E-state index contributed by atoms with van der Waals surface area (Å²) >= 11 is -0.0948. The first-order valence-electron chi connectivity index (χ1n) is 11.7. The zero-order chi connectivity index (χ0) is 23.5. The molecule has 0 unspecified atom stereocenters.